The van der Waals surface area contributed by atoms with Crippen LogP contribution in [0, 0.1) is 0 Å². The second-order valence-corrected chi connectivity index (χ2v) is 10.1. The van der Waals surface area contributed by atoms with Crippen molar-refractivity contribution in [2.75, 3.05) is 25.0 Å². The van der Waals surface area contributed by atoms with Crippen LogP contribution < -0.4 is 15.4 Å². The normalized spacial score (nSPS) is 21.2. The molecule has 0 aromatic heterocycles. The third-order valence-electron chi connectivity index (χ3n) is 6.36. The molecule has 182 valence electrons. The fraction of sp³-hybridized carbons (Fsp3) is 0.385. The molecule has 1 fully saturated rings. The zero-order chi connectivity index (χ0) is 24.2. The van der Waals surface area contributed by atoms with Crippen LogP contribution in [0.5, 0.6) is 5.75 Å². The van der Waals surface area contributed by atoms with Gasteiger partial charge in [0.25, 0.3) is 11.8 Å². The Morgan fingerprint density at radius 2 is 1.83 bits per heavy atom. The van der Waals surface area contributed by atoms with Gasteiger partial charge < -0.3 is 20.3 Å². The fourth-order valence-electron chi connectivity index (χ4n) is 4.49. The van der Waals surface area contributed by atoms with Crippen molar-refractivity contribution >= 4 is 40.3 Å². The highest BCUT2D eigenvalue weighted by atomic mass is 32.2. The summed E-state index contributed by atoms with van der Waals surface area (Å²) in [6, 6.07) is 14.6. The Kier molecular flexibility index (Phi) is 7.03. The van der Waals surface area contributed by atoms with E-state index in [1.807, 2.05) is 24.3 Å². The Morgan fingerprint density at radius 3 is 2.60 bits per heavy atom. The van der Waals surface area contributed by atoms with Gasteiger partial charge in [-0.1, -0.05) is 30.0 Å². The third kappa shape index (κ3) is 5.67. The van der Waals surface area contributed by atoms with Crippen LogP contribution in [0.2, 0.25) is 0 Å². The van der Waals surface area contributed by atoms with Gasteiger partial charge >= 0.3 is 0 Å². The molecular weight excluding hydrogens is 464 g/mol. The largest absolute Gasteiger partial charge is 0.488 e. The molecule has 0 aliphatic carbocycles. The first-order valence-corrected chi connectivity index (χ1v) is 12.9. The van der Waals surface area contributed by atoms with Crippen LogP contribution in [0.4, 0.5) is 5.69 Å². The lowest BCUT2D eigenvalue weighted by molar-refractivity contribution is -0.121. The van der Waals surface area contributed by atoms with Crippen molar-refractivity contribution in [3.63, 3.8) is 0 Å². The number of nitrogens with one attached hydrogen (secondary N) is 2. The maximum Gasteiger partial charge on any atom is 0.262 e. The molecule has 35 heavy (non-hydrogen) atoms. The number of fused-ring (bicyclic) bond motifs is 1. The van der Waals surface area contributed by atoms with Crippen molar-refractivity contribution in [3.8, 4) is 5.75 Å². The lowest BCUT2D eigenvalue weighted by atomic mass is 10.1. The summed E-state index contributed by atoms with van der Waals surface area (Å²) in [5.41, 5.74) is 2.23. The van der Waals surface area contributed by atoms with Crippen molar-refractivity contribution < 1.29 is 19.1 Å². The van der Waals surface area contributed by atoms with Crippen molar-refractivity contribution in [3.05, 3.63) is 59.7 Å². The Labute approximate surface area is 208 Å². The lowest BCUT2D eigenvalue weighted by Crippen LogP contribution is -2.34. The molecule has 0 saturated carbocycles. The first kappa shape index (κ1) is 23.4. The zero-order valence-electron chi connectivity index (χ0n) is 19.4. The van der Waals surface area contributed by atoms with Gasteiger partial charge in [-0.3, -0.25) is 14.4 Å². The second-order valence-electron chi connectivity index (χ2n) is 8.98. The predicted octanol–water partition coefficient (Wildman–Crippen LogP) is 3.23. The van der Waals surface area contributed by atoms with E-state index in [0.717, 1.165) is 48.8 Å². The molecule has 2 unspecified atom stereocenters. The van der Waals surface area contributed by atoms with Gasteiger partial charge in [0, 0.05) is 37.2 Å². The molecule has 5 rings (SSSR count). The van der Waals surface area contributed by atoms with Crippen LogP contribution in [0.15, 0.2) is 53.5 Å². The zero-order valence-corrected chi connectivity index (χ0v) is 20.2. The van der Waals surface area contributed by atoms with Gasteiger partial charge in [-0.2, -0.15) is 4.99 Å². The summed E-state index contributed by atoms with van der Waals surface area (Å²) in [4.78, 5) is 43.7. The summed E-state index contributed by atoms with van der Waals surface area (Å²) in [6.07, 6.45) is 4.18. The van der Waals surface area contributed by atoms with Crippen LogP contribution in [0.1, 0.15) is 41.6 Å². The molecule has 2 atom stereocenters. The Morgan fingerprint density at radius 1 is 1.06 bits per heavy atom. The van der Waals surface area contributed by atoms with E-state index in [1.54, 1.807) is 24.3 Å². The molecule has 0 bridgehead atoms. The molecule has 3 amide bonds. The Hall–Kier alpha value is -3.33. The number of rotatable bonds is 6. The van der Waals surface area contributed by atoms with Gasteiger partial charge in [0.2, 0.25) is 5.91 Å². The van der Waals surface area contributed by atoms with Crippen LogP contribution in [-0.4, -0.2) is 58.8 Å². The lowest BCUT2D eigenvalue weighted by Gasteiger charge is -2.27. The van der Waals surface area contributed by atoms with E-state index in [1.165, 1.54) is 18.2 Å². The average Bonchev–Trinajstić information content (AvgIpc) is 3.46. The predicted molar refractivity (Wildman–Crippen MR) is 136 cm³/mol. The minimum Gasteiger partial charge on any atom is -0.488 e. The van der Waals surface area contributed by atoms with Crippen molar-refractivity contribution in [1.82, 2.24) is 10.2 Å². The Balaban J connectivity index is 1.07. The number of ether oxygens (including phenoxy) is 1. The first-order chi connectivity index (χ1) is 17.0. The highest BCUT2D eigenvalue weighted by molar-refractivity contribution is 8.15. The fourth-order valence-corrected chi connectivity index (χ4v) is 5.61. The highest BCUT2D eigenvalue weighted by Gasteiger charge is 2.33. The van der Waals surface area contributed by atoms with Crippen molar-refractivity contribution in [2.45, 2.75) is 43.5 Å². The summed E-state index contributed by atoms with van der Waals surface area (Å²) in [5.74, 6) is 0.185. The number of piperidine rings is 1. The van der Waals surface area contributed by atoms with Gasteiger partial charge in [0.15, 0.2) is 5.17 Å². The number of nitrogens with zero attached hydrogens (tertiary/aromatic N) is 2. The number of benzene rings is 2. The van der Waals surface area contributed by atoms with Gasteiger partial charge in [-0.15, -0.1) is 0 Å². The van der Waals surface area contributed by atoms with Crippen LogP contribution in [-0.2, 0) is 16.0 Å². The van der Waals surface area contributed by atoms with E-state index in [9.17, 15) is 14.4 Å². The summed E-state index contributed by atoms with van der Waals surface area (Å²) in [6.45, 7) is 2.25. The second kappa shape index (κ2) is 10.5. The summed E-state index contributed by atoms with van der Waals surface area (Å²) in [5, 5.41) is 5.99. The summed E-state index contributed by atoms with van der Waals surface area (Å²) >= 11 is 1.38. The molecule has 3 heterocycles. The maximum absolute atomic E-state index is 12.5. The third-order valence-corrected chi connectivity index (χ3v) is 7.57. The molecule has 3 aliphatic heterocycles. The number of hydrogen-bond acceptors (Lipinski definition) is 6. The molecule has 2 N–H and O–H groups in total. The molecule has 2 aromatic carbocycles. The van der Waals surface area contributed by atoms with Crippen molar-refractivity contribution in [2.24, 2.45) is 4.99 Å². The average molecular weight is 493 g/mol. The van der Waals surface area contributed by atoms with Gasteiger partial charge in [0.05, 0.1) is 6.54 Å². The van der Waals surface area contributed by atoms with Gasteiger partial charge in [-0.25, -0.2) is 0 Å². The molecule has 8 nitrogen and oxygen atoms in total. The van der Waals surface area contributed by atoms with E-state index in [-0.39, 0.29) is 30.2 Å². The van der Waals surface area contributed by atoms with E-state index >= 15 is 0 Å². The number of para-hydroxylation sites is 1. The van der Waals surface area contributed by atoms with E-state index in [4.69, 9.17) is 4.74 Å². The number of amidine groups is 1. The number of anilines is 1. The minimum atomic E-state index is -0.485. The quantitative estimate of drug-likeness (QED) is 0.642. The van der Waals surface area contributed by atoms with Crippen LogP contribution in [0.3, 0.4) is 0 Å². The van der Waals surface area contributed by atoms with E-state index < -0.39 is 5.25 Å². The molecule has 0 radical (unpaired) electrons. The van der Waals surface area contributed by atoms with Gasteiger partial charge in [-0.05, 0) is 55.2 Å². The number of carbonyl (C=O) groups is 3. The van der Waals surface area contributed by atoms with Crippen molar-refractivity contribution in [1.29, 1.82) is 0 Å². The minimum absolute atomic E-state index is 0.0658. The number of hydrogen-bond donors (Lipinski definition) is 2. The molecular formula is C26H28N4O4S. The first-order valence-electron chi connectivity index (χ1n) is 12.0. The van der Waals surface area contributed by atoms with Gasteiger partial charge in [0.1, 0.15) is 17.1 Å². The SMILES string of the molecule is O=C(CC1SC(N2CCCCC2)=NC1=O)Nc1ccc(C(=O)NCC2Cc3ccccc3O2)cc1. The number of aliphatic imine (C=N–C) groups is 1. The standard InChI is InChI=1S/C26H28N4O4S/c31-23(15-22-25(33)29-26(35-22)30-12-4-1-5-13-30)28-19-10-8-17(9-11-19)24(32)27-16-20-14-18-6-2-3-7-21(18)34-20/h2-3,6-11,20,22H,1,4-5,12-16H2,(H,27,32)(H,28,31). The van der Waals surface area contributed by atoms with E-state index in [0.29, 0.717) is 17.8 Å². The number of carbonyl (C=O) groups excluding carboxylic acids is 3. The molecule has 9 heteroatoms. The maximum atomic E-state index is 12.5. The topological polar surface area (TPSA) is 100 Å². The summed E-state index contributed by atoms with van der Waals surface area (Å²) in [7, 11) is 0. The number of likely N-dealkylation sites (tertiary alicyclic amines) is 1. The Bertz CT molecular complexity index is 1120. The van der Waals surface area contributed by atoms with Crippen LogP contribution in [0.25, 0.3) is 0 Å². The molecule has 1 saturated heterocycles. The molecule has 3 aliphatic rings. The monoisotopic (exact) mass is 492 g/mol. The summed E-state index contributed by atoms with van der Waals surface area (Å²) < 4.78 is 5.86. The number of amides is 3. The van der Waals surface area contributed by atoms with E-state index in [2.05, 4.69) is 20.5 Å². The molecule has 0 spiro atoms. The van der Waals surface area contributed by atoms with Crippen LogP contribution >= 0.6 is 11.8 Å². The number of thioether (sulfide) groups is 1. The highest BCUT2D eigenvalue weighted by Crippen LogP contribution is 2.29. The smallest absolute Gasteiger partial charge is 0.262 e. The molecule has 2 aromatic rings.